The van der Waals surface area contributed by atoms with Crippen LogP contribution < -0.4 is 0 Å². The lowest BCUT2D eigenvalue weighted by Crippen LogP contribution is -2.49. The first kappa shape index (κ1) is 22.7. The van der Waals surface area contributed by atoms with Gasteiger partial charge in [-0.1, -0.05) is 27.7 Å². The third-order valence-corrected chi connectivity index (χ3v) is 9.54. The predicted octanol–water partition coefficient (Wildman–Crippen LogP) is 4.72. The van der Waals surface area contributed by atoms with Gasteiger partial charge in [0.2, 0.25) is 0 Å². The first-order chi connectivity index (χ1) is 10.5. The molecule has 0 fully saturated rings. The molecule has 0 saturated heterocycles. The molecule has 23 heavy (non-hydrogen) atoms. The van der Waals surface area contributed by atoms with E-state index in [1.807, 2.05) is 6.92 Å². The van der Waals surface area contributed by atoms with Crippen LogP contribution in [0.15, 0.2) is 0 Å². The van der Waals surface area contributed by atoms with E-state index in [4.69, 9.17) is 20.3 Å². The Morgan fingerprint density at radius 2 is 1.65 bits per heavy atom. The van der Waals surface area contributed by atoms with Crippen LogP contribution in [0.2, 0.25) is 18.1 Å². The van der Waals surface area contributed by atoms with Gasteiger partial charge in [-0.25, -0.2) is 0 Å². The zero-order chi connectivity index (χ0) is 18.3. The zero-order valence-corrected chi connectivity index (χ0v) is 17.7. The summed E-state index contributed by atoms with van der Waals surface area (Å²) in [5.41, 5.74) is 0. The van der Waals surface area contributed by atoms with Gasteiger partial charge in [0.25, 0.3) is 0 Å². The Morgan fingerprint density at radius 3 is 2.09 bits per heavy atom. The Balaban J connectivity index is 4.94. The maximum atomic E-state index is 6.65. The minimum absolute atomic E-state index is 0.0167. The van der Waals surface area contributed by atoms with Crippen molar-refractivity contribution < 1.29 is 13.9 Å². The molecule has 0 aromatic rings. The molecule has 4 atom stereocenters. The predicted molar refractivity (Wildman–Crippen MR) is 101 cm³/mol. The molecule has 0 bridgehead atoms. The lowest BCUT2D eigenvalue weighted by molar-refractivity contribution is -0.0429. The van der Waals surface area contributed by atoms with Crippen LogP contribution >= 0.6 is 0 Å². The van der Waals surface area contributed by atoms with E-state index in [0.29, 0.717) is 13.2 Å². The highest BCUT2D eigenvalue weighted by atomic mass is 28.4. The summed E-state index contributed by atoms with van der Waals surface area (Å²) in [5, 5.41) is 0.165. The van der Waals surface area contributed by atoms with Crippen molar-refractivity contribution in [2.45, 2.75) is 78.8 Å². The maximum absolute atomic E-state index is 6.65. The summed E-state index contributed by atoms with van der Waals surface area (Å²) in [6.07, 6.45) is 5.80. The van der Waals surface area contributed by atoms with Gasteiger partial charge in [-0.2, -0.15) is 0 Å². The highest BCUT2D eigenvalue weighted by Gasteiger charge is 2.42. The van der Waals surface area contributed by atoms with Gasteiger partial charge >= 0.3 is 0 Å². The fourth-order valence-electron chi connectivity index (χ4n) is 2.13. The largest absolute Gasteiger partial charge is 0.412 e. The minimum atomic E-state index is -1.88. The molecule has 4 heteroatoms. The second kappa shape index (κ2) is 9.83. The molecule has 0 aromatic heterocycles. The van der Waals surface area contributed by atoms with Crippen molar-refractivity contribution in [1.29, 1.82) is 0 Å². The van der Waals surface area contributed by atoms with Crippen LogP contribution in [-0.2, 0) is 13.9 Å². The molecular formula is C19H38O3Si. The van der Waals surface area contributed by atoms with Gasteiger partial charge in [-0.3, -0.25) is 0 Å². The van der Waals surface area contributed by atoms with Crippen molar-refractivity contribution in [3.63, 3.8) is 0 Å². The Bertz CT molecular complexity index is 368. The molecular weight excluding hydrogens is 304 g/mol. The molecule has 0 N–H and O–H groups in total. The lowest BCUT2D eigenvalue weighted by atomic mass is 9.90. The quantitative estimate of drug-likeness (QED) is 0.326. The van der Waals surface area contributed by atoms with Crippen LogP contribution in [0.3, 0.4) is 0 Å². The fraction of sp³-hybridized carbons (Fsp3) is 0.895. The molecule has 0 amide bonds. The van der Waals surface area contributed by atoms with Gasteiger partial charge in [0.1, 0.15) is 0 Å². The van der Waals surface area contributed by atoms with Crippen molar-refractivity contribution in [2.24, 2.45) is 11.8 Å². The van der Waals surface area contributed by atoms with Crippen molar-refractivity contribution in [3.05, 3.63) is 0 Å². The molecule has 0 aliphatic rings. The minimum Gasteiger partial charge on any atom is -0.412 e. The van der Waals surface area contributed by atoms with E-state index < -0.39 is 8.32 Å². The highest BCUT2D eigenvalue weighted by molar-refractivity contribution is 6.74. The van der Waals surface area contributed by atoms with Crippen LogP contribution in [0.4, 0.5) is 0 Å². The molecule has 0 radical (unpaired) electrons. The molecule has 0 unspecified atom stereocenters. The molecule has 0 saturated carbocycles. The van der Waals surface area contributed by atoms with Crippen molar-refractivity contribution in [2.75, 3.05) is 19.8 Å². The van der Waals surface area contributed by atoms with Crippen molar-refractivity contribution in [3.8, 4) is 12.3 Å². The monoisotopic (exact) mass is 342 g/mol. The van der Waals surface area contributed by atoms with E-state index in [9.17, 15) is 0 Å². The van der Waals surface area contributed by atoms with Crippen LogP contribution in [0.25, 0.3) is 0 Å². The maximum Gasteiger partial charge on any atom is 0.192 e. The van der Waals surface area contributed by atoms with Crippen molar-refractivity contribution >= 4 is 8.32 Å². The van der Waals surface area contributed by atoms with E-state index in [2.05, 4.69) is 60.6 Å². The molecule has 0 aromatic carbocycles. The summed E-state index contributed by atoms with van der Waals surface area (Å²) in [6.45, 7) is 21.6. The second-order valence-electron chi connectivity index (χ2n) is 7.93. The fourth-order valence-corrected chi connectivity index (χ4v) is 3.59. The molecule has 0 rings (SSSR count). The highest BCUT2D eigenvalue weighted by Crippen LogP contribution is 2.39. The van der Waals surface area contributed by atoms with E-state index in [1.165, 1.54) is 0 Å². The number of hydrogen-bond donors (Lipinski definition) is 0. The first-order valence-electron chi connectivity index (χ1n) is 8.81. The van der Waals surface area contributed by atoms with E-state index in [-0.39, 0.29) is 29.1 Å². The average molecular weight is 343 g/mol. The van der Waals surface area contributed by atoms with E-state index in [0.717, 1.165) is 6.61 Å². The SMILES string of the molecule is C#C[C@H](C)[C@@H](O[Si](C)(C)C(C)(C)C)[C@@H](C)[C@H](C)OCCOCC. The van der Waals surface area contributed by atoms with Gasteiger partial charge in [0.15, 0.2) is 8.32 Å². The Morgan fingerprint density at radius 1 is 1.09 bits per heavy atom. The number of rotatable bonds is 10. The molecule has 3 nitrogen and oxygen atoms in total. The van der Waals surface area contributed by atoms with Gasteiger partial charge in [0, 0.05) is 18.4 Å². The summed E-state index contributed by atoms with van der Waals surface area (Å²) < 4.78 is 17.9. The lowest BCUT2D eigenvalue weighted by Gasteiger charge is -2.43. The molecule has 0 aliphatic carbocycles. The van der Waals surface area contributed by atoms with Crippen LogP contribution in [0.1, 0.15) is 48.5 Å². The van der Waals surface area contributed by atoms with Crippen LogP contribution in [-0.4, -0.2) is 40.3 Å². The van der Waals surface area contributed by atoms with Crippen LogP contribution in [0, 0.1) is 24.2 Å². The van der Waals surface area contributed by atoms with Gasteiger partial charge < -0.3 is 13.9 Å². The smallest absolute Gasteiger partial charge is 0.192 e. The molecule has 136 valence electrons. The molecule has 0 aliphatic heterocycles. The normalized spacial score (nSPS) is 18.1. The van der Waals surface area contributed by atoms with Crippen LogP contribution in [0.5, 0.6) is 0 Å². The summed E-state index contributed by atoms with van der Waals surface area (Å²) in [5.74, 6) is 3.17. The Labute approximate surface area is 145 Å². The third-order valence-electron chi connectivity index (χ3n) is 5.06. The number of terminal acetylenes is 1. The van der Waals surface area contributed by atoms with E-state index >= 15 is 0 Å². The molecule has 0 heterocycles. The van der Waals surface area contributed by atoms with Gasteiger partial charge in [-0.05, 0) is 38.9 Å². The van der Waals surface area contributed by atoms with E-state index in [1.54, 1.807) is 0 Å². The topological polar surface area (TPSA) is 27.7 Å². The second-order valence-corrected chi connectivity index (χ2v) is 12.7. The third kappa shape index (κ3) is 7.39. The zero-order valence-electron chi connectivity index (χ0n) is 16.7. The number of ether oxygens (including phenoxy) is 2. The summed E-state index contributed by atoms with van der Waals surface area (Å²) >= 11 is 0. The number of hydrogen-bond acceptors (Lipinski definition) is 3. The standard InChI is InChI=1S/C19H38O3Si/c1-11-15(3)18(22-23(9,10)19(6,7)8)16(4)17(5)21-14-13-20-12-2/h1,15-18H,12-14H2,2-10H3/t15-,16-,17-,18+/m0/s1. The first-order valence-corrected chi connectivity index (χ1v) is 11.7. The average Bonchev–Trinajstić information content (AvgIpc) is 2.46. The van der Waals surface area contributed by atoms with Gasteiger partial charge in [0.05, 0.1) is 25.4 Å². The summed E-state index contributed by atoms with van der Waals surface area (Å²) in [7, 11) is -1.88. The van der Waals surface area contributed by atoms with Crippen molar-refractivity contribution in [1.82, 2.24) is 0 Å². The van der Waals surface area contributed by atoms with Gasteiger partial charge in [-0.15, -0.1) is 12.3 Å². The summed E-state index contributed by atoms with van der Waals surface area (Å²) in [4.78, 5) is 0. The Hall–Kier alpha value is -0.343. The summed E-state index contributed by atoms with van der Waals surface area (Å²) in [6, 6.07) is 0. The Kier molecular flexibility index (Phi) is 9.69. The molecule has 0 spiro atoms.